The molecule has 1 aromatic rings. The number of unbranched alkanes of at least 4 members (excludes halogenated alkanes) is 1. The van der Waals surface area contributed by atoms with E-state index in [1.807, 2.05) is 12.1 Å². The number of benzene rings is 1. The second kappa shape index (κ2) is 8.46. The molecule has 1 atom stereocenters. The molecular weight excluding hydrogens is 218 g/mol. The van der Waals surface area contributed by atoms with Crippen LogP contribution in [-0.2, 0) is 6.42 Å². The van der Waals surface area contributed by atoms with Gasteiger partial charge in [-0.25, -0.2) is 0 Å². The molecule has 1 unspecified atom stereocenters. The second-order valence-corrected chi connectivity index (χ2v) is 4.36. The highest BCUT2D eigenvalue weighted by atomic mass is 35.5. The van der Waals surface area contributed by atoms with E-state index in [1.54, 1.807) is 0 Å². The first-order chi connectivity index (χ1) is 7.26. The molecule has 0 aliphatic rings. The molecule has 0 saturated heterocycles. The van der Waals surface area contributed by atoms with Crippen LogP contribution in [-0.4, -0.2) is 0 Å². The molecule has 0 amide bonds. The van der Waals surface area contributed by atoms with Crippen molar-refractivity contribution >= 4 is 18.1 Å². The van der Waals surface area contributed by atoms with Gasteiger partial charge in [-0.1, -0.05) is 51.7 Å². The van der Waals surface area contributed by atoms with Crippen molar-refractivity contribution in [3.63, 3.8) is 0 Å². The zero-order chi connectivity index (χ0) is 11.1. The molecule has 1 nitrogen and oxygen atoms in total. The lowest BCUT2D eigenvalue weighted by Crippen LogP contribution is -2.03. The number of hydrogen-bond acceptors (Lipinski definition) is 1. The van der Waals surface area contributed by atoms with Crippen molar-refractivity contribution in [1.29, 1.82) is 0 Å². The highest BCUT2D eigenvalue weighted by molar-refractivity contribution is 5.85. The maximum atomic E-state index is 5.67. The molecule has 2 N–H and O–H groups in total. The Bertz CT molecular complexity index is 269. The van der Waals surface area contributed by atoms with Crippen molar-refractivity contribution in [1.82, 2.24) is 0 Å². The predicted molar refractivity (Wildman–Crippen MR) is 75.1 cm³/mol. The van der Waals surface area contributed by atoms with E-state index in [9.17, 15) is 0 Å². The van der Waals surface area contributed by atoms with E-state index < -0.39 is 0 Å². The van der Waals surface area contributed by atoms with Gasteiger partial charge in [-0.15, -0.1) is 12.4 Å². The fourth-order valence-electron chi connectivity index (χ4n) is 1.93. The highest BCUT2D eigenvalue weighted by Gasteiger charge is 2.06. The smallest absolute Gasteiger partial charge is 0.0314 e. The van der Waals surface area contributed by atoms with Gasteiger partial charge in [0, 0.05) is 5.69 Å². The first-order valence-electron chi connectivity index (χ1n) is 6.10. The van der Waals surface area contributed by atoms with Gasteiger partial charge in [-0.05, 0) is 30.0 Å². The Balaban J connectivity index is 0.00000225. The van der Waals surface area contributed by atoms with E-state index in [1.165, 1.54) is 37.7 Å². The minimum Gasteiger partial charge on any atom is -0.399 e. The lowest BCUT2D eigenvalue weighted by Gasteiger charge is -2.14. The summed E-state index contributed by atoms with van der Waals surface area (Å²) in [5, 5.41) is 0. The van der Waals surface area contributed by atoms with Crippen LogP contribution in [0.1, 0.15) is 45.1 Å². The van der Waals surface area contributed by atoms with Crippen LogP contribution in [0.5, 0.6) is 0 Å². The quantitative estimate of drug-likeness (QED) is 0.732. The van der Waals surface area contributed by atoms with Crippen LogP contribution >= 0.6 is 12.4 Å². The number of nitrogens with two attached hydrogens (primary N) is 1. The lowest BCUT2D eigenvalue weighted by molar-refractivity contribution is 0.449. The van der Waals surface area contributed by atoms with Crippen LogP contribution in [0.4, 0.5) is 5.69 Å². The molecule has 0 bridgehead atoms. The van der Waals surface area contributed by atoms with Crippen molar-refractivity contribution in [3.05, 3.63) is 29.8 Å². The van der Waals surface area contributed by atoms with Crippen LogP contribution in [0.15, 0.2) is 24.3 Å². The molecule has 0 saturated carbocycles. The Kier molecular flexibility index (Phi) is 8.10. The first-order valence-corrected chi connectivity index (χ1v) is 6.10. The van der Waals surface area contributed by atoms with Gasteiger partial charge in [0.15, 0.2) is 0 Å². The molecular formula is C14H24ClN. The van der Waals surface area contributed by atoms with Gasteiger partial charge in [-0.3, -0.25) is 0 Å². The highest BCUT2D eigenvalue weighted by Crippen LogP contribution is 2.19. The van der Waals surface area contributed by atoms with Gasteiger partial charge in [0.2, 0.25) is 0 Å². The van der Waals surface area contributed by atoms with Crippen molar-refractivity contribution in [2.75, 3.05) is 5.73 Å². The van der Waals surface area contributed by atoms with Gasteiger partial charge < -0.3 is 5.73 Å². The van der Waals surface area contributed by atoms with E-state index in [-0.39, 0.29) is 12.4 Å². The van der Waals surface area contributed by atoms with Gasteiger partial charge in [-0.2, -0.15) is 0 Å². The Morgan fingerprint density at radius 3 is 2.25 bits per heavy atom. The van der Waals surface area contributed by atoms with Gasteiger partial charge in [0.25, 0.3) is 0 Å². The average Bonchev–Trinajstić information content (AvgIpc) is 2.27. The first kappa shape index (κ1) is 15.3. The van der Waals surface area contributed by atoms with Crippen LogP contribution in [0.2, 0.25) is 0 Å². The Labute approximate surface area is 106 Å². The second-order valence-electron chi connectivity index (χ2n) is 4.36. The summed E-state index contributed by atoms with van der Waals surface area (Å²) >= 11 is 0. The number of rotatable bonds is 6. The molecule has 16 heavy (non-hydrogen) atoms. The van der Waals surface area contributed by atoms with E-state index in [0.717, 1.165) is 11.6 Å². The Morgan fingerprint density at radius 1 is 1.12 bits per heavy atom. The van der Waals surface area contributed by atoms with Crippen LogP contribution in [0.25, 0.3) is 0 Å². The minimum atomic E-state index is 0. The molecule has 0 heterocycles. The molecule has 0 fully saturated rings. The average molecular weight is 242 g/mol. The number of nitrogen functional groups attached to an aromatic ring is 1. The zero-order valence-electron chi connectivity index (χ0n) is 10.4. The summed E-state index contributed by atoms with van der Waals surface area (Å²) in [6.45, 7) is 4.55. The topological polar surface area (TPSA) is 26.0 Å². The minimum absolute atomic E-state index is 0. The van der Waals surface area contributed by atoms with Gasteiger partial charge >= 0.3 is 0 Å². The molecule has 0 aliphatic carbocycles. The third kappa shape index (κ3) is 5.41. The Morgan fingerprint density at radius 2 is 1.75 bits per heavy atom. The van der Waals surface area contributed by atoms with Crippen LogP contribution in [0.3, 0.4) is 0 Å². The van der Waals surface area contributed by atoms with Crippen molar-refractivity contribution in [2.45, 2.75) is 46.0 Å². The van der Waals surface area contributed by atoms with E-state index in [2.05, 4.69) is 26.0 Å². The van der Waals surface area contributed by atoms with Gasteiger partial charge in [0.1, 0.15) is 0 Å². The predicted octanol–water partition coefficient (Wildman–Crippen LogP) is 4.45. The summed E-state index contributed by atoms with van der Waals surface area (Å²) in [6, 6.07) is 8.32. The molecule has 92 valence electrons. The maximum Gasteiger partial charge on any atom is 0.0314 e. The van der Waals surface area contributed by atoms with Gasteiger partial charge in [0.05, 0.1) is 0 Å². The van der Waals surface area contributed by atoms with Crippen LogP contribution < -0.4 is 5.73 Å². The summed E-state index contributed by atoms with van der Waals surface area (Å²) < 4.78 is 0. The number of anilines is 1. The molecule has 1 aromatic carbocycles. The zero-order valence-corrected chi connectivity index (χ0v) is 11.2. The third-order valence-corrected chi connectivity index (χ3v) is 3.05. The maximum absolute atomic E-state index is 5.67. The van der Waals surface area contributed by atoms with E-state index in [4.69, 9.17) is 5.73 Å². The molecule has 0 aromatic heterocycles. The number of halogens is 1. The van der Waals surface area contributed by atoms with Crippen LogP contribution in [0, 0.1) is 5.92 Å². The Hall–Kier alpha value is -0.690. The number of hydrogen-bond donors (Lipinski definition) is 1. The van der Waals surface area contributed by atoms with E-state index in [0.29, 0.717) is 0 Å². The fourth-order valence-corrected chi connectivity index (χ4v) is 1.93. The largest absolute Gasteiger partial charge is 0.399 e. The molecule has 1 rings (SSSR count). The van der Waals surface area contributed by atoms with Crippen molar-refractivity contribution < 1.29 is 0 Å². The summed E-state index contributed by atoms with van der Waals surface area (Å²) in [5.41, 5.74) is 7.95. The fraction of sp³-hybridized carbons (Fsp3) is 0.571. The van der Waals surface area contributed by atoms with E-state index >= 15 is 0 Å². The third-order valence-electron chi connectivity index (χ3n) is 3.05. The molecule has 0 aliphatic heterocycles. The summed E-state index contributed by atoms with van der Waals surface area (Å²) in [6.07, 6.45) is 6.50. The molecule has 0 radical (unpaired) electrons. The van der Waals surface area contributed by atoms with Crippen molar-refractivity contribution in [3.8, 4) is 0 Å². The standard InChI is InChI=1S/C14H23N.ClH/c1-3-5-6-12(4-2)11-13-7-9-14(15)10-8-13;/h7-10,12H,3-6,11,15H2,1-2H3;1H. The summed E-state index contributed by atoms with van der Waals surface area (Å²) in [5.74, 6) is 0.841. The molecule has 2 heteroatoms. The lowest BCUT2D eigenvalue weighted by atomic mass is 9.92. The summed E-state index contributed by atoms with van der Waals surface area (Å²) in [4.78, 5) is 0. The summed E-state index contributed by atoms with van der Waals surface area (Å²) in [7, 11) is 0. The SMILES string of the molecule is CCCCC(CC)Cc1ccc(N)cc1.Cl. The van der Waals surface area contributed by atoms with Crippen molar-refractivity contribution in [2.24, 2.45) is 5.92 Å². The molecule has 0 spiro atoms. The normalized spacial score (nSPS) is 11.9. The monoisotopic (exact) mass is 241 g/mol.